The number of sulfonamides is 1. The van der Waals surface area contributed by atoms with E-state index in [-0.39, 0.29) is 17.6 Å². The molecule has 180 valence electrons. The minimum atomic E-state index is -3.70. The number of carbonyl (C=O) groups is 1. The zero-order valence-electron chi connectivity index (χ0n) is 20.5. The Hall–Kier alpha value is -2.54. The number of carbonyl (C=O) groups excluding carboxylic acids is 1. The topological polar surface area (TPSA) is 75.7 Å². The molecule has 0 spiro atoms. The van der Waals surface area contributed by atoms with Crippen LogP contribution in [-0.2, 0) is 14.8 Å². The van der Waals surface area contributed by atoms with Crippen molar-refractivity contribution in [3.8, 4) is 5.75 Å². The Kier molecular flexibility index (Phi) is 7.42. The number of nitrogens with one attached hydrogen (secondary N) is 1. The van der Waals surface area contributed by atoms with Gasteiger partial charge in [0.05, 0.1) is 18.0 Å². The van der Waals surface area contributed by atoms with Crippen LogP contribution in [0.25, 0.3) is 0 Å². The minimum absolute atomic E-state index is 0.253. The number of ether oxygens (including phenoxy) is 1. The molecule has 0 saturated carbocycles. The van der Waals surface area contributed by atoms with Crippen LogP contribution in [0.15, 0.2) is 42.5 Å². The summed E-state index contributed by atoms with van der Waals surface area (Å²) in [7, 11) is -3.70. The third-order valence-electron chi connectivity index (χ3n) is 6.73. The van der Waals surface area contributed by atoms with Crippen molar-refractivity contribution in [2.24, 2.45) is 0 Å². The molecule has 1 heterocycles. The number of hydrogen-bond donors (Lipinski definition) is 1. The zero-order valence-corrected chi connectivity index (χ0v) is 21.3. The second-order valence-electron chi connectivity index (χ2n) is 9.07. The van der Waals surface area contributed by atoms with Crippen molar-refractivity contribution in [1.82, 2.24) is 5.32 Å². The summed E-state index contributed by atoms with van der Waals surface area (Å²) < 4.78 is 33.5. The summed E-state index contributed by atoms with van der Waals surface area (Å²) >= 11 is 0. The number of aryl methyl sites for hydroxylation is 2. The normalized spacial score (nSPS) is 18.1. The number of fused-ring (bicyclic) bond motifs is 1. The largest absolute Gasteiger partial charge is 0.487 e. The van der Waals surface area contributed by atoms with Crippen LogP contribution in [0, 0.1) is 13.8 Å². The molecule has 0 bridgehead atoms. The molecule has 0 aromatic heterocycles. The highest BCUT2D eigenvalue weighted by atomic mass is 32.2. The first-order valence-electron chi connectivity index (χ1n) is 11.7. The Morgan fingerprint density at radius 3 is 2.42 bits per heavy atom. The fraction of sp³-hybridized carbons (Fsp3) is 0.500. The molecule has 0 saturated heterocycles. The van der Waals surface area contributed by atoms with Crippen molar-refractivity contribution >= 4 is 21.6 Å². The van der Waals surface area contributed by atoms with Gasteiger partial charge < -0.3 is 10.1 Å². The lowest BCUT2D eigenvalue weighted by atomic mass is 9.83. The average molecular weight is 473 g/mol. The van der Waals surface area contributed by atoms with E-state index < -0.39 is 16.1 Å². The van der Waals surface area contributed by atoms with Crippen LogP contribution in [0.5, 0.6) is 5.75 Å². The number of para-hydroxylation sites is 1. The first-order valence-corrected chi connectivity index (χ1v) is 13.5. The van der Waals surface area contributed by atoms with Gasteiger partial charge in [0, 0.05) is 12.0 Å². The lowest BCUT2D eigenvalue weighted by Crippen LogP contribution is -2.52. The van der Waals surface area contributed by atoms with E-state index in [1.807, 2.05) is 63.2 Å². The fourth-order valence-corrected chi connectivity index (χ4v) is 5.95. The molecular formula is C26H36N2O4S. The number of nitrogens with zero attached hydrogens (tertiary/aromatic N) is 1. The van der Waals surface area contributed by atoms with E-state index in [1.54, 1.807) is 0 Å². The highest BCUT2D eigenvalue weighted by molar-refractivity contribution is 7.92. The lowest BCUT2D eigenvalue weighted by molar-refractivity contribution is -0.123. The molecule has 6 nitrogen and oxygen atoms in total. The first-order chi connectivity index (χ1) is 15.5. The summed E-state index contributed by atoms with van der Waals surface area (Å²) in [5.74, 6) is 0.479. The van der Waals surface area contributed by atoms with E-state index >= 15 is 0 Å². The maximum absolute atomic E-state index is 13.6. The van der Waals surface area contributed by atoms with Gasteiger partial charge in [-0.1, -0.05) is 51.1 Å². The number of amides is 1. The van der Waals surface area contributed by atoms with Crippen LogP contribution in [-0.4, -0.2) is 32.2 Å². The van der Waals surface area contributed by atoms with Crippen molar-refractivity contribution in [3.63, 3.8) is 0 Å². The van der Waals surface area contributed by atoms with Gasteiger partial charge in [0.25, 0.3) is 0 Å². The Morgan fingerprint density at radius 1 is 1.15 bits per heavy atom. The van der Waals surface area contributed by atoms with E-state index in [0.29, 0.717) is 18.5 Å². The molecule has 3 rings (SSSR count). The lowest BCUT2D eigenvalue weighted by Gasteiger charge is -2.42. The number of benzene rings is 2. The molecule has 0 unspecified atom stereocenters. The highest BCUT2D eigenvalue weighted by Gasteiger charge is 2.40. The van der Waals surface area contributed by atoms with Gasteiger partial charge in [-0.05, 0) is 56.4 Å². The number of hydrogen-bond acceptors (Lipinski definition) is 4. The summed E-state index contributed by atoms with van der Waals surface area (Å²) in [5, 5.41) is 3.18. The molecule has 1 aliphatic rings. The molecule has 1 N–H and O–H groups in total. The SMILES string of the molecule is CC[C@H](C(=O)N[C@H]1CC(CC)(CC)Oc2ccccc21)N(c1cc(C)ccc1C)S(C)(=O)=O. The number of anilines is 1. The van der Waals surface area contributed by atoms with Gasteiger partial charge in [-0.15, -0.1) is 0 Å². The van der Waals surface area contributed by atoms with Crippen molar-refractivity contribution in [2.45, 2.75) is 78.0 Å². The maximum atomic E-state index is 13.6. The molecule has 2 aromatic carbocycles. The molecule has 0 aliphatic carbocycles. The van der Waals surface area contributed by atoms with E-state index in [2.05, 4.69) is 19.2 Å². The second kappa shape index (κ2) is 9.75. The molecular weight excluding hydrogens is 436 g/mol. The quantitative estimate of drug-likeness (QED) is 0.584. The summed E-state index contributed by atoms with van der Waals surface area (Å²) in [5.41, 5.74) is 2.86. The average Bonchev–Trinajstić information content (AvgIpc) is 2.78. The van der Waals surface area contributed by atoms with Crippen molar-refractivity contribution in [3.05, 3.63) is 59.2 Å². The summed E-state index contributed by atoms with van der Waals surface area (Å²) in [6.07, 6.45) is 3.79. The van der Waals surface area contributed by atoms with Gasteiger partial charge in [-0.2, -0.15) is 0 Å². The van der Waals surface area contributed by atoms with Crippen LogP contribution in [0.3, 0.4) is 0 Å². The van der Waals surface area contributed by atoms with Crippen molar-refractivity contribution < 1.29 is 17.9 Å². The fourth-order valence-electron chi connectivity index (χ4n) is 4.69. The van der Waals surface area contributed by atoms with Gasteiger partial charge in [0.15, 0.2) is 0 Å². The molecule has 33 heavy (non-hydrogen) atoms. The van der Waals surface area contributed by atoms with Gasteiger partial charge in [-0.25, -0.2) is 8.42 Å². The maximum Gasteiger partial charge on any atom is 0.244 e. The monoisotopic (exact) mass is 472 g/mol. The molecule has 0 radical (unpaired) electrons. The van der Waals surface area contributed by atoms with Crippen LogP contribution in [0.2, 0.25) is 0 Å². The predicted molar refractivity (Wildman–Crippen MR) is 133 cm³/mol. The third-order valence-corrected chi connectivity index (χ3v) is 7.90. The molecule has 7 heteroatoms. The second-order valence-corrected chi connectivity index (χ2v) is 10.9. The van der Waals surface area contributed by atoms with E-state index in [0.717, 1.165) is 41.5 Å². The summed E-state index contributed by atoms with van der Waals surface area (Å²) in [4.78, 5) is 13.6. The van der Waals surface area contributed by atoms with Gasteiger partial charge >= 0.3 is 0 Å². The number of rotatable bonds is 8. The van der Waals surface area contributed by atoms with Crippen LogP contribution >= 0.6 is 0 Å². The van der Waals surface area contributed by atoms with E-state index in [4.69, 9.17) is 4.74 Å². The molecule has 0 fully saturated rings. The van der Waals surface area contributed by atoms with Crippen LogP contribution in [0.4, 0.5) is 5.69 Å². The van der Waals surface area contributed by atoms with Crippen molar-refractivity contribution in [2.75, 3.05) is 10.6 Å². The van der Waals surface area contributed by atoms with E-state index in [1.165, 1.54) is 4.31 Å². The van der Waals surface area contributed by atoms with Crippen LogP contribution in [0.1, 0.15) is 69.2 Å². The molecule has 1 amide bonds. The zero-order chi connectivity index (χ0) is 24.4. The third kappa shape index (κ3) is 5.18. The molecule has 2 aromatic rings. The Morgan fingerprint density at radius 2 is 1.82 bits per heavy atom. The highest BCUT2D eigenvalue weighted by Crippen LogP contribution is 2.42. The minimum Gasteiger partial charge on any atom is -0.487 e. The standard InChI is InChI=1S/C26H36N2O4S/c1-7-22(28(33(6,30)31)23-16-18(4)14-15-19(23)5)25(29)27-21-17-26(8-2,9-3)32-24-13-11-10-12-20(21)24/h10-16,21-22H,7-9,17H2,1-6H3,(H,27,29)/t21-,22+/m0/s1. The van der Waals surface area contributed by atoms with Gasteiger partial charge in [0.1, 0.15) is 17.4 Å². The van der Waals surface area contributed by atoms with E-state index in [9.17, 15) is 13.2 Å². The summed E-state index contributed by atoms with van der Waals surface area (Å²) in [6.45, 7) is 9.81. The summed E-state index contributed by atoms with van der Waals surface area (Å²) in [6, 6.07) is 12.3. The van der Waals surface area contributed by atoms with Crippen molar-refractivity contribution in [1.29, 1.82) is 0 Å². The Labute approximate surface area is 198 Å². The van der Waals surface area contributed by atoms with Gasteiger partial charge in [0.2, 0.25) is 15.9 Å². The Bertz CT molecular complexity index is 1110. The molecule has 1 aliphatic heterocycles. The first kappa shape index (κ1) is 25.1. The molecule has 2 atom stereocenters. The van der Waals surface area contributed by atoms with Gasteiger partial charge in [-0.3, -0.25) is 9.10 Å². The van der Waals surface area contributed by atoms with Crippen LogP contribution < -0.4 is 14.4 Å². The smallest absolute Gasteiger partial charge is 0.244 e. The Balaban J connectivity index is 1.99. The predicted octanol–water partition coefficient (Wildman–Crippen LogP) is 5.05.